The lowest BCUT2D eigenvalue weighted by atomic mass is 9.74. The number of carbonyl (C=O) groups excluding carboxylic acids is 3. The molecule has 0 saturated carbocycles. The summed E-state index contributed by atoms with van der Waals surface area (Å²) in [5.41, 5.74) is 8.73. The normalized spacial score (nSPS) is 25.2. The molecule has 13 nitrogen and oxygen atoms in total. The predicted octanol–water partition coefficient (Wildman–Crippen LogP) is 3.23. The Morgan fingerprint density at radius 1 is 1.02 bits per heavy atom. The van der Waals surface area contributed by atoms with Crippen LogP contribution in [-0.4, -0.2) is 94.9 Å². The molecule has 1 aliphatic heterocycles. The number of aliphatic hydroxyl groups excluding tert-OH is 2. The van der Waals surface area contributed by atoms with Crippen LogP contribution in [-0.2, 0) is 27.1 Å². The van der Waals surface area contributed by atoms with Crippen molar-refractivity contribution < 1.29 is 49.0 Å². The van der Waals surface area contributed by atoms with Crippen LogP contribution in [0, 0.1) is 5.92 Å². The first-order chi connectivity index (χ1) is 24.6. The number of allylic oxidation sites excluding steroid dienone is 2. The number of ketones is 2. The number of methoxy groups -OCH3 is 1. The quantitative estimate of drug-likeness (QED) is 0.0866. The van der Waals surface area contributed by atoms with Crippen LogP contribution in [0.15, 0.2) is 35.5 Å². The standard InChI is InChI=1S/C32H36N2O8.C6H13NO2/c1-41-24-11-7-10-21-26(24)32(40)28-27(30(21)38)31(39)22-16-18(12-13-20(22)29(28)37)23(17-35)33-34-25(36)14-15-42-19-8-5-3-2-4-6-9-19;1-4-6(8)5(7)2-3-9-4/h2-3,7,10-11,18-19,35,37,39H,4-6,8-9,12-17H2,1H3,(H,34,36);4-6,8H,2-3,7H2,1H3/b3-2+,33-23-;. The van der Waals surface area contributed by atoms with Gasteiger partial charge in [-0.1, -0.05) is 24.3 Å². The van der Waals surface area contributed by atoms with E-state index in [4.69, 9.17) is 19.9 Å². The fourth-order valence-electron chi connectivity index (χ4n) is 7.16. The van der Waals surface area contributed by atoms with Crippen molar-refractivity contribution in [2.45, 2.75) is 95.5 Å². The largest absolute Gasteiger partial charge is 0.507 e. The van der Waals surface area contributed by atoms with Gasteiger partial charge < -0.3 is 40.4 Å². The van der Waals surface area contributed by atoms with E-state index in [1.54, 1.807) is 12.1 Å². The Bertz CT molecular complexity index is 1660. The zero-order chi connectivity index (χ0) is 36.7. The van der Waals surface area contributed by atoms with Gasteiger partial charge in [0.1, 0.15) is 17.2 Å². The van der Waals surface area contributed by atoms with Crippen molar-refractivity contribution in [3.8, 4) is 17.2 Å². The van der Waals surface area contributed by atoms with Gasteiger partial charge in [-0.25, -0.2) is 5.43 Å². The number of rotatable bonds is 8. The Balaban J connectivity index is 0.000000488. The molecule has 3 aliphatic carbocycles. The average molecular weight is 708 g/mol. The van der Waals surface area contributed by atoms with Crippen LogP contribution >= 0.6 is 0 Å². The molecule has 51 heavy (non-hydrogen) atoms. The monoisotopic (exact) mass is 707 g/mol. The minimum Gasteiger partial charge on any atom is -0.507 e. The molecule has 2 aromatic carbocycles. The highest BCUT2D eigenvalue weighted by molar-refractivity contribution is 6.31. The number of nitrogens with one attached hydrogen (secondary N) is 1. The number of phenols is 2. The fraction of sp³-hybridized carbons (Fsp3) is 0.526. The number of nitrogens with two attached hydrogens (primary N) is 1. The predicted molar refractivity (Wildman–Crippen MR) is 188 cm³/mol. The van der Waals surface area contributed by atoms with Gasteiger partial charge >= 0.3 is 0 Å². The Morgan fingerprint density at radius 3 is 2.49 bits per heavy atom. The molecule has 276 valence electrons. The molecule has 5 atom stereocenters. The molecule has 0 radical (unpaired) electrons. The molecule has 0 spiro atoms. The number of aromatic hydroxyl groups is 2. The van der Waals surface area contributed by atoms with Crippen LogP contribution < -0.4 is 15.9 Å². The summed E-state index contributed by atoms with van der Waals surface area (Å²) in [5, 5.41) is 45.9. The summed E-state index contributed by atoms with van der Waals surface area (Å²) in [4.78, 5) is 39.3. The molecular weight excluding hydrogens is 658 g/mol. The zero-order valence-electron chi connectivity index (χ0n) is 29.2. The second-order valence-corrected chi connectivity index (χ2v) is 13.4. The molecule has 4 aliphatic rings. The van der Waals surface area contributed by atoms with Crippen LogP contribution in [0.5, 0.6) is 17.2 Å². The van der Waals surface area contributed by atoms with E-state index >= 15 is 0 Å². The molecule has 6 rings (SSSR count). The van der Waals surface area contributed by atoms with Crippen LogP contribution in [0.4, 0.5) is 0 Å². The van der Waals surface area contributed by atoms with Gasteiger partial charge in [-0.05, 0) is 70.8 Å². The van der Waals surface area contributed by atoms with Gasteiger partial charge in [-0.3, -0.25) is 14.4 Å². The van der Waals surface area contributed by atoms with E-state index in [1.165, 1.54) is 13.2 Å². The highest BCUT2D eigenvalue weighted by atomic mass is 16.5. The van der Waals surface area contributed by atoms with Crippen molar-refractivity contribution in [1.82, 2.24) is 5.43 Å². The fourth-order valence-corrected chi connectivity index (χ4v) is 7.16. The summed E-state index contributed by atoms with van der Waals surface area (Å²) in [6.45, 7) is 2.37. The number of fused-ring (bicyclic) bond motifs is 3. The van der Waals surface area contributed by atoms with Crippen molar-refractivity contribution in [2.75, 3.05) is 26.9 Å². The number of hydrazone groups is 1. The summed E-state index contributed by atoms with van der Waals surface area (Å²) < 4.78 is 16.3. The molecule has 1 amide bonds. The number of benzene rings is 2. The van der Waals surface area contributed by atoms with Gasteiger partial charge in [0.2, 0.25) is 11.7 Å². The second kappa shape index (κ2) is 17.4. The number of ether oxygens (including phenoxy) is 3. The Hall–Kier alpha value is -4.14. The molecule has 7 N–H and O–H groups in total. The first-order valence-corrected chi connectivity index (χ1v) is 17.7. The van der Waals surface area contributed by atoms with E-state index in [1.807, 2.05) is 6.92 Å². The summed E-state index contributed by atoms with van der Waals surface area (Å²) >= 11 is 0. The summed E-state index contributed by atoms with van der Waals surface area (Å²) in [5.74, 6) is -2.37. The number of aliphatic hydroxyl groups is 2. The van der Waals surface area contributed by atoms with Crippen molar-refractivity contribution in [3.05, 3.63) is 63.7 Å². The molecule has 0 aromatic heterocycles. The van der Waals surface area contributed by atoms with E-state index in [9.17, 15) is 34.8 Å². The lowest BCUT2D eigenvalue weighted by Crippen LogP contribution is -2.47. The van der Waals surface area contributed by atoms with Gasteiger partial charge in [0, 0.05) is 35.3 Å². The van der Waals surface area contributed by atoms with Crippen molar-refractivity contribution in [1.29, 1.82) is 0 Å². The molecule has 1 saturated heterocycles. The summed E-state index contributed by atoms with van der Waals surface area (Å²) in [6.07, 6.45) is 10.7. The molecular formula is C38H49N3O10. The maximum absolute atomic E-state index is 13.4. The van der Waals surface area contributed by atoms with Gasteiger partial charge in [0.25, 0.3) is 0 Å². The number of phenolic OH excluding ortho intramolecular Hbond substituents is 2. The number of hydrogen-bond acceptors (Lipinski definition) is 12. The smallest absolute Gasteiger partial charge is 0.242 e. The topological polar surface area (TPSA) is 210 Å². The number of nitrogens with zero attached hydrogens (tertiary/aromatic N) is 1. The molecule has 1 heterocycles. The van der Waals surface area contributed by atoms with E-state index < -0.39 is 24.3 Å². The van der Waals surface area contributed by atoms with Crippen molar-refractivity contribution >= 4 is 23.2 Å². The molecule has 2 aromatic rings. The van der Waals surface area contributed by atoms with Gasteiger partial charge in [0.15, 0.2) is 5.78 Å². The summed E-state index contributed by atoms with van der Waals surface area (Å²) in [7, 11) is 1.39. The van der Waals surface area contributed by atoms with E-state index in [0.717, 1.165) is 38.5 Å². The molecule has 5 unspecified atom stereocenters. The minimum atomic E-state index is -0.592. The first kappa shape index (κ1) is 38.1. The third-order valence-corrected chi connectivity index (χ3v) is 10.1. The summed E-state index contributed by atoms with van der Waals surface area (Å²) in [6, 6.07) is 4.54. The van der Waals surface area contributed by atoms with Crippen LogP contribution in [0.25, 0.3) is 0 Å². The molecule has 0 bridgehead atoms. The van der Waals surface area contributed by atoms with Crippen molar-refractivity contribution in [2.24, 2.45) is 16.8 Å². The number of amides is 1. The minimum absolute atomic E-state index is 0.0542. The maximum Gasteiger partial charge on any atom is 0.242 e. The van der Waals surface area contributed by atoms with Crippen LogP contribution in [0.1, 0.15) is 101 Å². The molecule has 13 heteroatoms. The zero-order valence-corrected chi connectivity index (χ0v) is 29.2. The Kier molecular flexibility index (Phi) is 13.0. The number of carbonyl (C=O) groups is 3. The maximum atomic E-state index is 13.4. The Labute approximate surface area is 297 Å². The Morgan fingerprint density at radius 2 is 1.76 bits per heavy atom. The first-order valence-electron chi connectivity index (χ1n) is 17.7. The van der Waals surface area contributed by atoms with Gasteiger partial charge in [-0.2, -0.15) is 5.10 Å². The van der Waals surface area contributed by atoms with Gasteiger partial charge in [-0.15, -0.1) is 0 Å². The average Bonchev–Trinajstić information content (AvgIpc) is 3.12. The lowest BCUT2D eigenvalue weighted by molar-refractivity contribution is -0.122. The van der Waals surface area contributed by atoms with Crippen LogP contribution in [0.2, 0.25) is 0 Å². The SMILES string of the molecule is CC1OCCC(N)C1O.COc1cccc2c1C(=O)c1c(O)c3c(c(O)c1C2=O)CC(/C(CO)=N\NC(=O)CCOC1CC/C=C/CCC1)CC3. The van der Waals surface area contributed by atoms with E-state index in [0.29, 0.717) is 29.9 Å². The highest BCUT2D eigenvalue weighted by Gasteiger charge is 2.41. The highest BCUT2D eigenvalue weighted by Crippen LogP contribution is 2.47. The second-order valence-electron chi connectivity index (χ2n) is 13.4. The van der Waals surface area contributed by atoms with Crippen molar-refractivity contribution in [3.63, 3.8) is 0 Å². The van der Waals surface area contributed by atoms with Gasteiger partial charge in [0.05, 0.1) is 67.5 Å². The lowest BCUT2D eigenvalue weighted by Gasteiger charge is -2.30. The molecule has 1 fully saturated rings. The third kappa shape index (κ3) is 8.50. The van der Waals surface area contributed by atoms with E-state index in [2.05, 4.69) is 22.7 Å². The number of hydrogen-bond donors (Lipinski definition) is 6. The third-order valence-electron chi connectivity index (χ3n) is 10.1. The van der Waals surface area contributed by atoms with Crippen LogP contribution in [0.3, 0.4) is 0 Å². The van der Waals surface area contributed by atoms with E-state index in [-0.39, 0.29) is 95.4 Å².